The van der Waals surface area contributed by atoms with Crippen LogP contribution < -0.4 is 0 Å². The molecule has 6 heteroatoms. The SMILES string of the molecule is CC/C=C/C=C/C=C/C=C/C=C/CCCC(=O)OCC(COC(=O)CCCCCCCCC/C=C/CCCCCC)OC(=O)CCC/C=C/C=C/C=C/C=C/C=C/CC. The van der Waals surface area contributed by atoms with Crippen molar-refractivity contribution in [2.45, 2.75) is 168 Å². The summed E-state index contributed by atoms with van der Waals surface area (Å²) in [5.74, 6) is -1.11. The maximum Gasteiger partial charge on any atom is 0.306 e. The van der Waals surface area contributed by atoms with Gasteiger partial charge in [-0.05, 0) is 70.6 Å². The number of hydrogen-bond donors (Lipinski definition) is 0. The van der Waals surface area contributed by atoms with Crippen molar-refractivity contribution in [3.63, 3.8) is 0 Å². The van der Waals surface area contributed by atoms with Gasteiger partial charge in [-0.2, -0.15) is 0 Å². The number of ether oxygens (including phenoxy) is 3. The van der Waals surface area contributed by atoms with E-state index < -0.39 is 12.1 Å². The van der Waals surface area contributed by atoms with E-state index in [1.807, 2.05) is 109 Å². The van der Waals surface area contributed by atoms with Gasteiger partial charge in [-0.15, -0.1) is 0 Å². The molecule has 0 bridgehead atoms. The highest BCUT2D eigenvalue weighted by molar-refractivity contribution is 5.71. The molecule has 0 spiro atoms. The maximum atomic E-state index is 12.7. The molecule has 0 aromatic rings. The van der Waals surface area contributed by atoms with Gasteiger partial charge in [0.25, 0.3) is 0 Å². The standard InChI is InChI=1S/C53H80O6/c1-4-7-10-13-16-19-22-25-26-29-31-34-37-40-43-46-52(55)58-49-50(59-53(56)47-44-41-38-35-32-28-24-21-18-15-12-9-6-3)48-57-51(54)45-42-39-36-33-30-27-23-20-17-14-11-8-5-2/h8-9,11-12,14-15,17-24,27-28,30,32-33,35-36,38,50H,4-7,10,13,16,25-26,29,31,34,37,39-49H2,1-3H3/b11-8+,12-9+,17-14+,18-15+,22-19+,23-20+,24-21+,30-27+,32-28+,36-33+,38-35+. The predicted molar refractivity (Wildman–Crippen MR) is 251 cm³/mol. The van der Waals surface area contributed by atoms with E-state index in [4.69, 9.17) is 14.2 Å². The Labute approximate surface area is 360 Å². The summed E-state index contributed by atoms with van der Waals surface area (Å²) in [5, 5.41) is 0. The van der Waals surface area contributed by atoms with Gasteiger partial charge in [-0.1, -0.05) is 206 Å². The Balaban J connectivity index is 4.63. The van der Waals surface area contributed by atoms with Crippen LogP contribution in [-0.4, -0.2) is 37.2 Å². The molecule has 0 heterocycles. The lowest BCUT2D eigenvalue weighted by Crippen LogP contribution is -2.30. The van der Waals surface area contributed by atoms with Gasteiger partial charge in [-0.3, -0.25) is 14.4 Å². The number of allylic oxidation sites excluding steroid dienone is 22. The molecule has 1 atom stereocenters. The zero-order valence-electron chi connectivity index (χ0n) is 37.2. The summed E-state index contributed by atoms with van der Waals surface area (Å²) in [5.41, 5.74) is 0. The molecule has 0 N–H and O–H groups in total. The van der Waals surface area contributed by atoms with Gasteiger partial charge in [0.15, 0.2) is 6.10 Å². The van der Waals surface area contributed by atoms with E-state index in [0.717, 1.165) is 38.5 Å². The lowest BCUT2D eigenvalue weighted by atomic mass is 10.1. The minimum Gasteiger partial charge on any atom is -0.462 e. The van der Waals surface area contributed by atoms with Crippen LogP contribution >= 0.6 is 0 Å². The fraction of sp³-hybridized carbons (Fsp3) is 0.528. The van der Waals surface area contributed by atoms with Crippen LogP contribution in [0.3, 0.4) is 0 Å². The van der Waals surface area contributed by atoms with Gasteiger partial charge in [0.05, 0.1) is 0 Å². The zero-order valence-corrected chi connectivity index (χ0v) is 37.2. The lowest BCUT2D eigenvalue weighted by Gasteiger charge is -2.18. The molecule has 0 aliphatic heterocycles. The number of carbonyl (C=O) groups is 3. The van der Waals surface area contributed by atoms with Crippen molar-refractivity contribution in [3.05, 3.63) is 134 Å². The Hall–Kier alpha value is -4.45. The van der Waals surface area contributed by atoms with Crippen molar-refractivity contribution in [2.24, 2.45) is 0 Å². The Bertz CT molecular complexity index is 1350. The van der Waals surface area contributed by atoms with Crippen LogP contribution in [0.2, 0.25) is 0 Å². The first-order valence-electron chi connectivity index (χ1n) is 22.8. The molecule has 0 saturated heterocycles. The minimum absolute atomic E-state index is 0.137. The molecule has 0 amide bonds. The third kappa shape index (κ3) is 44.5. The average Bonchev–Trinajstić information content (AvgIpc) is 3.23. The van der Waals surface area contributed by atoms with Crippen molar-refractivity contribution >= 4 is 17.9 Å². The molecule has 0 saturated carbocycles. The molecule has 0 aromatic heterocycles. The van der Waals surface area contributed by atoms with Crippen LogP contribution in [0.1, 0.15) is 162 Å². The van der Waals surface area contributed by atoms with E-state index in [1.54, 1.807) is 0 Å². The number of rotatable bonds is 38. The van der Waals surface area contributed by atoms with Gasteiger partial charge in [-0.25, -0.2) is 0 Å². The first-order valence-corrected chi connectivity index (χ1v) is 22.8. The summed E-state index contributed by atoms with van der Waals surface area (Å²) in [7, 11) is 0. The minimum atomic E-state index is -0.848. The highest BCUT2D eigenvalue weighted by atomic mass is 16.6. The van der Waals surface area contributed by atoms with E-state index >= 15 is 0 Å². The summed E-state index contributed by atoms with van der Waals surface area (Å²) in [6, 6.07) is 0. The van der Waals surface area contributed by atoms with Crippen LogP contribution in [0, 0.1) is 0 Å². The van der Waals surface area contributed by atoms with Crippen molar-refractivity contribution in [1.29, 1.82) is 0 Å². The van der Waals surface area contributed by atoms with Crippen molar-refractivity contribution in [3.8, 4) is 0 Å². The molecule has 0 rings (SSSR count). The largest absolute Gasteiger partial charge is 0.462 e. The van der Waals surface area contributed by atoms with E-state index in [2.05, 4.69) is 45.1 Å². The van der Waals surface area contributed by atoms with E-state index in [9.17, 15) is 14.4 Å². The smallest absolute Gasteiger partial charge is 0.306 e. The van der Waals surface area contributed by atoms with Crippen LogP contribution in [0.15, 0.2) is 134 Å². The Morgan fingerprint density at radius 1 is 0.356 bits per heavy atom. The van der Waals surface area contributed by atoms with Gasteiger partial charge >= 0.3 is 17.9 Å². The average molecular weight is 813 g/mol. The van der Waals surface area contributed by atoms with Crippen molar-refractivity contribution in [1.82, 2.24) is 0 Å². The molecule has 1 unspecified atom stereocenters. The summed E-state index contributed by atoms with van der Waals surface area (Å²) < 4.78 is 16.6. The molecule has 0 aliphatic rings. The molecule has 0 fully saturated rings. The molecular formula is C53H80O6. The number of carbonyl (C=O) groups excluding carboxylic acids is 3. The molecule has 6 nitrogen and oxygen atoms in total. The molecule has 328 valence electrons. The second-order valence-electron chi connectivity index (χ2n) is 14.4. The van der Waals surface area contributed by atoms with Gasteiger partial charge in [0.2, 0.25) is 0 Å². The number of hydrogen-bond acceptors (Lipinski definition) is 6. The predicted octanol–water partition coefficient (Wildman–Crippen LogP) is 14.7. The zero-order chi connectivity index (χ0) is 43.0. The summed E-state index contributed by atoms with van der Waals surface area (Å²) >= 11 is 0. The van der Waals surface area contributed by atoms with Gasteiger partial charge < -0.3 is 14.2 Å². The molecule has 0 radical (unpaired) electrons. The fourth-order valence-electron chi connectivity index (χ4n) is 5.49. The van der Waals surface area contributed by atoms with E-state index in [1.165, 1.54) is 64.2 Å². The van der Waals surface area contributed by atoms with Crippen molar-refractivity contribution < 1.29 is 28.6 Å². The highest BCUT2D eigenvalue weighted by Gasteiger charge is 2.19. The molecule has 0 aromatic carbocycles. The Kier molecular flexibility index (Phi) is 42.8. The first kappa shape index (κ1) is 54.6. The monoisotopic (exact) mass is 813 g/mol. The van der Waals surface area contributed by atoms with Crippen LogP contribution in [0.5, 0.6) is 0 Å². The lowest BCUT2D eigenvalue weighted by molar-refractivity contribution is -0.167. The number of unbranched alkanes of at least 4 members (excludes halogenated alkanes) is 13. The summed E-state index contributed by atoms with van der Waals surface area (Å²) in [6.07, 6.45) is 64.5. The molecular weight excluding hydrogens is 733 g/mol. The second kappa shape index (κ2) is 46.2. The topological polar surface area (TPSA) is 78.9 Å². The molecule has 0 aliphatic carbocycles. The quantitative estimate of drug-likeness (QED) is 0.0203. The maximum absolute atomic E-state index is 12.7. The second-order valence-corrected chi connectivity index (χ2v) is 14.4. The van der Waals surface area contributed by atoms with E-state index in [-0.39, 0.29) is 38.0 Å². The van der Waals surface area contributed by atoms with E-state index in [0.29, 0.717) is 25.7 Å². The van der Waals surface area contributed by atoms with Crippen molar-refractivity contribution in [2.75, 3.05) is 13.2 Å². The normalized spacial score (nSPS) is 13.3. The highest BCUT2D eigenvalue weighted by Crippen LogP contribution is 2.12. The first-order chi connectivity index (χ1) is 29.0. The van der Waals surface area contributed by atoms with Crippen LogP contribution in [0.25, 0.3) is 0 Å². The van der Waals surface area contributed by atoms with Gasteiger partial charge in [0, 0.05) is 19.3 Å². The van der Waals surface area contributed by atoms with Crippen LogP contribution in [0.4, 0.5) is 0 Å². The summed E-state index contributed by atoms with van der Waals surface area (Å²) in [4.78, 5) is 37.7. The fourth-order valence-corrected chi connectivity index (χ4v) is 5.49. The summed E-state index contributed by atoms with van der Waals surface area (Å²) in [6.45, 7) is 6.16. The van der Waals surface area contributed by atoms with Crippen LogP contribution in [-0.2, 0) is 28.6 Å². The Morgan fingerprint density at radius 3 is 1.14 bits per heavy atom. The van der Waals surface area contributed by atoms with Gasteiger partial charge in [0.1, 0.15) is 13.2 Å². The third-order valence-corrected chi connectivity index (χ3v) is 8.88. The third-order valence-electron chi connectivity index (χ3n) is 8.88. The number of esters is 3. The molecule has 59 heavy (non-hydrogen) atoms. The Morgan fingerprint density at radius 2 is 0.695 bits per heavy atom.